The molecule has 0 aliphatic heterocycles. The maximum absolute atomic E-state index is 11.9. The molecule has 1 aromatic carbocycles. The summed E-state index contributed by atoms with van der Waals surface area (Å²) >= 11 is 1.49. The fourth-order valence-electron chi connectivity index (χ4n) is 2.06. The number of hydrogen-bond donors (Lipinski definition) is 3. The number of thiophene rings is 1. The zero-order chi connectivity index (χ0) is 16.1. The van der Waals surface area contributed by atoms with Crippen LogP contribution in [0.1, 0.15) is 33.2 Å². The van der Waals surface area contributed by atoms with Crippen LogP contribution in [0.2, 0.25) is 0 Å². The number of benzene rings is 1. The second-order valence-corrected chi connectivity index (χ2v) is 5.78. The van der Waals surface area contributed by atoms with Crippen LogP contribution in [-0.2, 0) is 11.2 Å². The molecule has 0 aliphatic carbocycles. The number of carbonyl (C=O) groups excluding carboxylic acids is 1. The van der Waals surface area contributed by atoms with Gasteiger partial charge in [-0.15, -0.1) is 0 Å². The first-order valence-corrected chi connectivity index (χ1v) is 7.71. The predicted octanol–water partition coefficient (Wildman–Crippen LogP) is 2.15. The van der Waals surface area contributed by atoms with Gasteiger partial charge in [0.15, 0.2) is 0 Å². The van der Waals surface area contributed by atoms with Gasteiger partial charge in [0.25, 0.3) is 0 Å². The molecule has 1 amide bonds. The van der Waals surface area contributed by atoms with Crippen molar-refractivity contribution in [2.75, 3.05) is 6.54 Å². The topological polar surface area (TPSA) is 86.6 Å². The Bertz CT molecular complexity index is 667. The fourth-order valence-corrected chi connectivity index (χ4v) is 2.76. The third-order valence-corrected chi connectivity index (χ3v) is 4.06. The number of aliphatic hydroxyl groups is 1. The number of aromatic carboxylic acids is 1. The fraction of sp³-hybridized carbons (Fsp3) is 0.250. The zero-order valence-corrected chi connectivity index (χ0v) is 12.9. The molecule has 0 fully saturated rings. The minimum atomic E-state index is -0.988. The third-order valence-electron chi connectivity index (χ3n) is 3.36. The molecule has 2 aromatic rings. The van der Waals surface area contributed by atoms with E-state index in [9.17, 15) is 14.7 Å². The first-order chi connectivity index (χ1) is 10.5. The number of carboxylic acids is 1. The van der Waals surface area contributed by atoms with Crippen LogP contribution in [0.25, 0.3) is 0 Å². The Labute approximate surface area is 132 Å². The number of aryl methyl sites for hydroxylation is 1. The van der Waals surface area contributed by atoms with Gasteiger partial charge >= 0.3 is 5.97 Å². The summed E-state index contributed by atoms with van der Waals surface area (Å²) < 4.78 is 0. The van der Waals surface area contributed by atoms with Crippen molar-refractivity contribution >= 4 is 23.2 Å². The quantitative estimate of drug-likeness (QED) is 0.761. The number of hydrogen-bond acceptors (Lipinski definition) is 4. The Balaban J connectivity index is 1.91. The van der Waals surface area contributed by atoms with Crippen molar-refractivity contribution in [2.45, 2.75) is 19.4 Å². The second kappa shape index (κ2) is 7.20. The third kappa shape index (κ3) is 4.16. The highest BCUT2D eigenvalue weighted by molar-refractivity contribution is 7.07. The van der Waals surface area contributed by atoms with Gasteiger partial charge in [-0.05, 0) is 52.6 Å². The average Bonchev–Trinajstić information content (AvgIpc) is 3.01. The van der Waals surface area contributed by atoms with Crippen LogP contribution in [0.3, 0.4) is 0 Å². The minimum Gasteiger partial charge on any atom is -0.478 e. The van der Waals surface area contributed by atoms with Gasteiger partial charge < -0.3 is 15.5 Å². The van der Waals surface area contributed by atoms with E-state index in [0.717, 1.165) is 16.7 Å². The van der Waals surface area contributed by atoms with Crippen molar-refractivity contribution in [3.05, 3.63) is 57.3 Å². The molecular weight excluding hydrogens is 302 g/mol. The van der Waals surface area contributed by atoms with Gasteiger partial charge in [-0.1, -0.05) is 6.07 Å². The highest BCUT2D eigenvalue weighted by atomic mass is 32.1. The molecule has 1 atom stereocenters. The summed E-state index contributed by atoms with van der Waals surface area (Å²) in [6.07, 6.45) is -0.562. The van der Waals surface area contributed by atoms with Crippen LogP contribution >= 0.6 is 11.3 Å². The first-order valence-electron chi connectivity index (χ1n) is 6.77. The Morgan fingerprint density at radius 2 is 2.09 bits per heavy atom. The number of aliphatic hydroxyl groups excluding tert-OH is 1. The van der Waals surface area contributed by atoms with Gasteiger partial charge in [-0.25, -0.2) is 4.79 Å². The summed E-state index contributed by atoms with van der Waals surface area (Å²) in [5.41, 5.74) is 2.52. The minimum absolute atomic E-state index is 0.155. The van der Waals surface area contributed by atoms with E-state index in [-0.39, 0.29) is 24.4 Å². The van der Waals surface area contributed by atoms with Crippen molar-refractivity contribution in [3.63, 3.8) is 0 Å². The van der Waals surface area contributed by atoms with Gasteiger partial charge in [-0.3, -0.25) is 4.79 Å². The molecule has 1 unspecified atom stereocenters. The number of nitrogens with one attached hydrogen (secondary N) is 1. The number of amides is 1. The van der Waals surface area contributed by atoms with E-state index in [1.807, 2.05) is 16.8 Å². The average molecular weight is 319 g/mol. The molecule has 5 nitrogen and oxygen atoms in total. The largest absolute Gasteiger partial charge is 0.478 e. The van der Waals surface area contributed by atoms with E-state index in [1.54, 1.807) is 19.1 Å². The molecule has 2 rings (SSSR count). The second-order valence-electron chi connectivity index (χ2n) is 5.00. The summed E-state index contributed by atoms with van der Waals surface area (Å²) in [5.74, 6) is -1.20. The van der Waals surface area contributed by atoms with E-state index >= 15 is 0 Å². The van der Waals surface area contributed by atoms with Crippen LogP contribution in [0.4, 0.5) is 0 Å². The Morgan fingerprint density at radius 1 is 1.32 bits per heavy atom. The van der Waals surface area contributed by atoms with E-state index in [1.165, 1.54) is 17.4 Å². The smallest absolute Gasteiger partial charge is 0.335 e. The van der Waals surface area contributed by atoms with Crippen LogP contribution < -0.4 is 5.32 Å². The summed E-state index contributed by atoms with van der Waals surface area (Å²) in [6, 6.07) is 6.49. The van der Waals surface area contributed by atoms with E-state index in [2.05, 4.69) is 5.32 Å². The van der Waals surface area contributed by atoms with Crippen molar-refractivity contribution in [1.29, 1.82) is 0 Å². The first kappa shape index (κ1) is 16.2. The van der Waals surface area contributed by atoms with Gasteiger partial charge in [0, 0.05) is 6.54 Å². The maximum atomic E-state index is 11.9. The number of carboxylic acid groups (broad SMARTS) is 1. The standard InChI is InChI=1S/C16H17NO4S/c1-10-6-12(16(20)21)3-2-11(10)7-15(19)17-8-14(18)13-4-5-22-9-13/h2-6,9,14,18H,7-8H2,1H3,(H,17,19)(H,20,21). The van der Waals surface area contributed by atoms with Gasteiger partial charge in [0.05, 0.1) is 18.1 Å². The molecule has 0 saturated heterocycles. The van der Waals surface area contributed by atoms with Crippen LogP contribution in [-0.4, -0.2) is 28.6 Å². The monoisotopic (exact) mass is 319 g/mol. The number of carbonyl (C=O) groups is 2. The van der Waals surface area contributed by atoms with E-state index < -0.39 is 12.1 Å². The molecule has 0 radical (unpaired) electrons. The van der Waals surface area contributed by atoms with Crippen LogP contribution in [0.15, 0.2) is 35.0 Å². The van der Waals surface area contributed by atoms with Gasteiger partial charge in [0.2, 0.25) is 5.91 Å². The molecular formula is C16H17NO4S. The lowest BCUT2D eigenvalue weighted by Gasteiger charge is -2.11. The molecule has 6 heteroatoms. The molecule has 1 aromatic heterocycles. The molecule has 22 heavy (non-hydrogen) atoms. The molecule has 0 saturated carbocycles. The SMILES string of the molecule is Cc1cc(C(=O)O)ccc1CC(=O)NCC(O)c1ccsc1. The molecule has 0 aliphatic rings. The zero-order valence-electron chi connectivity index (χ0n) is 12.1. The molecule has 3 N–H and O–H groups in total. The summed E-state index contributed by atoms with van der Waals surface area (Å²) in [5, 5.41) is 25.2. The van der Waals surface area contributed by atoms with E-state index in [4.69, 9.17) is 5.11 Å². The van der Waals surface area contributed by atoms with Crippen LogP contribution in [0.5, 0.6) is 0 Å². The number of rotatable bonds is 6. The Morgan fingerprint density at radius 3 is 2.68 bits per heavy atom. The van der Waals surface area contributed by atoms with Crippen molar-refractivity contribution in [2.24, 2.45) is 0 Å². The lowest BCUT2D eigenvalue weighted by atomic mass is 10.0. The van der Waals surface area contributed by atoms with E-state index in [0.29, 0.717) is 0 Å². The Hall–Kier alpha value is -2.18. The van der Waals surface area contributed by atoms with Crippen LogP contribution in [0, 0.1) is 6.92 Å². The van der Waals surface area contributed by atoms with Crippen molar-refractivity contribution in [1.82, 2.24) is 5.32 Å². The highest BCUT2D eigenvalue weighted by Crippen LogP contribution is 2.15. The summed E-state index contributed by atoms with van der Waals surface area (Å²) in [6.45, 7) is 1.93. The maximum Gasteiger partial charge on any atom is 0.335 e. The Kier molecular flexibility index (Phi) is 5.30. The highest BCUT2D eigenvalue weighted by Gasteiger charge is 2.12. The molecule has 1 heterocycles. The van der Waals surface area contributed by atoms with Crippen molar-refractivity contribution < 1.29 is 19.8 Å². The van der Waals surface area contributed by atoms with Crippen molar-refractivity contribution in [3.8, 4) is 0 Å². The van der Waals surface area contributed by atoms with Gasteiger partial charge in [0.1, 0.15) is 0 Å². The lowest BCUT2D eigenvalue weighted by Crippen LogP contribution is -2.29. The molecule has 0 spiro atoms. The summed E-state index contributed by atoms with van der Waals surface area (Å²) in [7, 11) is 0. The lowest BCUT2D eigenvalue weighted by molar-refractivity contribution is -0.120. The molecule has 0 bridgehead atoms. The predicted molar refractivity (Wildman–Crippen MR) is 84.1 cm³/mol. The van der Waals surface area contributed by atoms with Gasteiger partial charge in [-0.2, -0.15) is 11.3 Å². The summed E-state index contributed by atoms with van der Waals surface area (Å²) in [4.78, 5) is 22.8. The molecule has 116 valence electrons. The normalized spacial score (nSPS) is 11.9.